The smallest absolute Gasteiger partial charge is 0.416 e. The number of nitrogens with zero attached hydrogens (tertiary/aromatic N) is 3. The van der Waals surface area contributed by atoms with Crippen LogP contribution in [0.15, 0.2) is 78.0 Å². The lowest BCUT2D eigenvalue weighted by Gasteiger charge is -2.15. The van der Waals surface area contributed by atoms with Crippen molar-refractivity contribution >= 4 is 23.4 Å². The SMILES string of the molecule is COc1ccc(-n2c(SCC(=O)Nc3cc(C(F)(F)F)cc(C(F)(F)F)c3)nnc2-c2ccccc2)cc1. The zero-order valence-electron chi connectivity index (χ0n) is 19.5. The number of carbonyl (C=O) groups is 1. The first-order chi connectivity index (χ1) is 18.0. The Bertz CT molecular complexity index is 1390. The number of benzene rings is 3. The Morgan fingerprint density at radius 1 is 0.895 bits per heavy atom. The second-order valence-electron chi connectivity index (χ2n) is 7.84. The molecule has 4 aromatic rings. The summed E-state index contributed by atoms with van der Waals surface area (Å²) in [4.78, 5) is 12.5. The van der Waals surface area contributed by atoms with Crippen molar-refractivity contribution in [1.82, 2.24) is 14.8 Å². The van der Waals surface area contributed by atoms with E-state index in [0.717, 1.165) is 17.3 Å². The summed E-state index contributed by atoms with van der Waals surface area (Å²) in [5.74, 6) is -0.115. The third-order valence-electron chi connectivity index (χ3n) is 5.20. The summed E-state index contributed by atoms with van der Waals surface area (Å²) in [6.45, 7) is 0. The lowest BCUT2D eigenvalue weighted by molar-refractivity contribution is -0.143. The molecule has 0 aliphatic carbocycles. The molecule has 0 radical (unpaired) electrons. The van der Waals surface area contributed by atoms with Crippen LogP contribution in [0.4, 0.5) is 32.0 Å². The molecular formula is C25H18F6N4O2S. The maximum atomic E-state index is 13.1. The second kappa shape index (κ2) is 10.8. The van der Waals surface area contributed by atoms with E-state index in [9.17, 15) is 31.1 Å². The van der Waals surface area contributed by atoms with E-state index in [1.807, 2.05) is 30.3 Å². The molecule has 0 saturated heterocycles. The number of ether oxygens (including phenoxy) is 1. The maximum Gasteiger partial charge on any atom is 0.416 e. The van der Waals surface area contributed by atoms with E-state index in [4.69, 9.17) is 4.74 Å². The molecule has 0 bridgehead atoms. The Balaban J connectivity index is 1.59. The van der Waals surface area contributed by atoms with Crippen LogP contribution in [0.2, 0.25) is 0 Å². The van der Waals surface area contributed by atoms with Gasteiger partial charge in [-0.2, -0.15) is 26.3 Å². The number of halogens is 6. The molecule has 0 unspecified atom stereocenters. The van der Waals surface area contributed by atoms with E-state index in [1.54, 1.807) is 28.8 Å². The molecule has 1 amide bonds. The van der Waals surface area contributed by atoms with Crippen molar-refractivity contribution in [2.75, 3.05) is 18.2 Å². The summed E-state index contributed by atoms with van der Waals surface area (Å²) in [5, 5.41) is 10.8. The zero-order chi connectivity index (χ0) is 27.5. The molecule has 0 aliphatic rings. The second-order valence-corrected chi connectivity index (χ2v) is 8.78. The number of rotatable bonds is 7. The number of carbonyl (C=O) groups excluding carboxylic acids is 1. The fourth-order valence-corrected chi connectivity index (χ4v) is 4.21. The van der Waals surface area contributed by atoms with Crippen molar-refractivity contribution in [3.8, 4) is 22.8 Å². The third kappa shape index (κ3) is 6.28. The van der Waals surface area contributed by atoms with E-state index < -0.39 is 35.1 Å². The molecule has 0 aliphatic heterocycles. The minimum absolute atomic E-state index is 0.00710. The van der Waals surface area contributed by atoms with Gasteiger partial charge < -0.3 is 10.1 Å². The molecule has 4 rings (SSSR count). The normalized spacial score (nSPS) is 11.9. The van der Waals surface area contributed by atoms with Crippen molar-refractivity contribution in [2.24, 2.45) is 0 Å². The monoisotopic (exact) mass is 552 g/mol. The van der Waals surface area contributed by atoms with Gasteiger partial charge in [-0.3, -0.25) is 9.36 Å². The van der Waals surface area contributed by atoms with Gasteiger partial charge in [0.1, 0.15) is 5.75 Å². The molecule has 0 atom stereocenters. The Kier molecular flexibility index (Phi) is 7.67. The lowest BCUT2D eigenvalue weighted by atomic mass is 10.1. The summed E-state index contributed by atoms with van der Waals surface area (Å²) >= 11 is 0.916. The highest BCUT2D eigenvalue weighted by Gasteiger charge is 2.37. The predicted octanol–water partition coefficient (Wildman–Crippen LogP) is 6.71. The fourth-order valence-electron chi connectivity index (χ4n) is 3.46. The molecule has 6 nitrogen and oxygen atoms in total. The Morgan fingerprint density at radius 2 is 1.50 bits per heavy atom. The molecule has 13 heteroatoms. The molecule has 1 heterocycles. The van der Waals surface area contributed by atoms with Crippen molar-refractivity contribution in [2.45, 2.75) is 17.5 Å². The van der Waals surface area contributed by atoms with Gasteiger partial charge in [-0.15, -0.1) is 10.2 Å². The molecule has 198 valence electrons. The quantitative estimate of drug-likeness (QED) is 0.204. The van der Waals surface area contributed by atoms with Crippen molar-refractivity contribution in [3.63, 3.8) is 0 Å². The van der Waals surface area contributed by atoms with Gasteiger partial charge in [-0.25, -0.2) is 0 Å². The first-order valence-corrected chi connectivity index (χ1v) is 11.8. The molecular weight excluding hydrogens is 534 g/mol. The van der Waals surface area contributed by atoms with Crippen LogP contribution < -0.4 is 10.1 Å². The summed E-state index contributed by atoms with van der Waals surface area (Å²) in [7, 11) is 1.52. The van der Waals surface area contributed by atoms with Crippen molar-refractivity contribution < 1.29 is 35.9 Å². The number of methoxy groups -OCH3 is 1. The maximum absolute atomic E-state index is 13.1. The van der Waals surface area contributed by atoms with Gasteiger partial charge in [-0.1, -0.05) is 42.1 Å². The molecule has 3 aromatic carbocycles. The van der Waals surface area contributed by atoms with Gasteiger partial charge in [0.05, 0.1) is 24.0 Å². The lowest BCUT2D eigenvalue weighted by Crippen LogP contribution is -2.17. The van der Waals surface area contributed by atoms with E-state index in [1.165, 1.54) is 7.11 Å². The average molecular weight is 553 g/mol. The van der Waals surface area contributed by atoms with Crippen molar-refractivity contribution in [3.05, 3.63) is 83.9 Å². The molecule has 1 aromatic heterocycles. The van der Waals surface area contributed by atoms with E-state index >= 15 is 0 Å². The highest BCUT2D eigenvalue weighted by molar-refractivity contribution is 7.99. The number of aromatic nitrogens is 3. The molecule has 0 saturated carbocycles. The van der Waals surface area contributed by atoms with Crippen LogP contribution in [0.3, 0.4) is 0 Å². The highest BCUT2D eigenvalue weighted by atomic mass is 32.2. The minimum Gasteiger partial charge on any atom is -0.497 e. The molecule has 0 fully saturated rings. The molecule has 0 spiro atoms. The number of thioether (sulfide) groups is 1. The summed E-state index contributed by atoms with van der Waals surface area (Å²) < 4.78 is 85.6. The number of hydrogen-bond acceptors (Lipinski definition) is 5. The number of anilines is 1. The number of nitrogens with one attached hydrogen (secondary N) is 1. The van der Waals surface area contributed by atoms with E-state index in [2.05, 4.69) is 15.5 Å². The number of hydrogen-bond donors (Lipinski definition) is 1. The van der Waals surface area contributed by atoms with Crippen LogP contribution >= 0.6 is 11.8 Å². The van der Waals surface area contributed by atoms with Gasteiger partial charge in [0.15, 0.2) is 11.0 Å². The highest BCUT2D eigenvalue weighted by Crippen LogP contribution is 2.37. The van der Waals surface area contributed by atoms with Crippen LogP contribution in [-0.2, 0) is 17.1 Å². The van der Waals surface area contributed by atoms with Crippen LogP contribution in [-0.4, -0.2) is 33.5 Å². The van der Waals surface area contributed by atoms with Gasteiger partial charge in [0, 0.05) is 16.9 Å². The summed E-state index contributed by atoms with van der Waals surface area (Å²) in [6, 6.07) is 16.9. The average Bonchev–Trinajstić information content (AvgIpc) is 3.31. The largest absolute Gasteiger partial charge is 0.497 e. The number of amides is 1. The first-order valence-electron chi connectivity index (χ1n) is 10.8. The van der Waals surface area contributed by atoms with Crippen LogP contribution in [0, 0.1) is 0 Å². The molecule has 38 heavy (non-hydrogen) atoms. The van der Waals surface area contributed by atoms with Gasteiger partial charge >= 0.3 is 12.4 Å². The van der Waals surface area contributed by atoms with Crippen molar-refractivity contribution in [1.29, 1.82) is 0 Å². The van der Waals surface area contributed by atoms with E-state index in [0.29, 0.717) is 29.4 Å². The Morgan fingerprint density at radius 3 is 2.05 bits per heavy atom. The third-order valence-corrected chi connectivity index (χ3v) is 6.13. The summed E-state index contributed by atoms with van der Waals surface area (Å²) in [5.41, 5.74) is -2.30. The number of alkyl halides is 6. The van der Waals surface area contributed by atoms with Crippen LogP contribution in [0.25, 0.3) is 17.1 Å². The van der Waals surface area contributed by atoms with Gasteiger partial charge in [-0.05, 0) is 42.5 Å². The fraction of sp³-hybridized carbons (Fsp3) is 0.160. The topological polar surface area (TPSA) is 69.0 Å². The van der Waals surface area contributed by atoms with Gasteiger partial charge in [0.2, 0.25) is 5.91 Å². The first kappa shape index (κ1) is 27.0. The standard InChI is InChI=1S/C25H18F6N4O2S/c1-37-20-9-7-19(8-10-20)35-22(15-5-3-2-4-6-15)33-34-23(35)38-14-21(36)32-18-12-16(24(26,27)28)11-17(13-18)25(29,30)31/h2-13H,14H2,1H3,(H,32,36). The Labute approximate surface area is 216 Å². The molecule has 1 N–H and O–H groups in total. The van der Waals surface area contributed by atoms with E-state index in [-0.39, 0.29) is 17.0 Å². The predicted molar refractivity (Wildman–Crippen MR) is 129 cm³/mol. The van der Waals surface area contributed by atoms with Crippen LogP contribution in [0.1, 0.15) is 11.1 Å². The van der Waals surface area contributed by atoms with Gasteiger partial charge in [0.25, 0.3) is 0 Å². The Hall–Kier alpha value is -4.00. The summed E-state index contributed by atoms with van der Waals surface area (Å²) in [6.07, 6.45) is -10.1. The minimum atomic E-state index is -5.03. The van der Waals surface area contributed by atoms with Crippen LogP contribution in [0.5, 0.6) is 5.75 Å². The zero-order valence-corrected chi connectivity index (χ0v) is 20.3.